The highest BCUT2D eigenvalue weighted by molar-refractivity contribution is 5.84. The second kappa shape index (κ2) is 9.98. The molecule has 0 spiro atoms. The molecule has 7 nitrogen and oxygen atoms in total. The maximum absolute atomic E-state index is 13.4. The van der Waals surface area contributed by atoms with Gasteiger partial charge in [0.05, 0.1) is 18.0 Å². The van der Waals surface area contributed by atoms with Crippen molar-refractivity contribution in [2.75, 3.05) is 26.2 Å². The Morgan fingerprint density at radius 1 is 1.15 bits per heavy atom. The predicted octanol–water partition coefficient (Wildman–Crippen LogP) is 3.18. The van der Waals surface area contributed by atoms with Gasteiger partial charge in [-0.2, -0.15) is 5.10 Å². The van der Waals surface area contributed by atoms with Crippen LogP contribution in [0, 0.1) is 19.8 Å². The summed E-state index contributed by atoms with van der Waals surface area (Å²) in [5.74, 6) is -0.135. The Morgan fingerprint density at radius 2 is 1.97 bits per heavy atom. The Kier molecular flexibility index (Phi) is 6.87. The molecule has 33 heavy (non-hydrogen) atoms. The second-order valence-corrected chi connectivity index (χ2v) is 8.65. The normalized spacial score (nSPS) is 16.7. The van der Waals surface area contributed by atoms with E-state index in [1.165, 1.54) is 0 Å². The Labute approximate surface area is 194 Å². The van der Waals surface area contributed by atoms with Gasteiger partial charge in [0.2, 0.25) is 11.8 Å². The fourth-order valence-electron chi connectivity index (χ4n) is 4.60. The Hall–Kier alpha value is -3.48. The summed E-state index contributed by atoms with van der Waals surface area (Å²) in [7, 11) is 0. The summed E-state index contributed by atoms with van der Waals surface area (Å²) in [4.78, 5) is 34.6. The number of hydrogen-bond acceptors (Lipinski definition) is 4. The van der Waals surface area contributed by atoms with Gasteiger partial charge in [-0.1, -0.05) is 30.3 Å². The largest absolute Gasteiger partial charge is 0.341 e. The van der Waals surface area contributed by atoms with E-state index in [2.05, 4.69) is 27.3 Å². The molecular formula is C26H31N5O2. The topological polar surface area (TPSA) is 82.2 Å². The third-order valence-corrected chi connectivity index (χ3v) is 6.54. The van der Waals surface area contributed by atoms with Crippen molar-refractivity contribution in [3.05, 3.63) is 71.3 Å². The van der Waals surface area contributed by atoms with Crippen molar-refractivity contribution in [2.45, 2.75) is 33.6 Å². The summed E-state index contributed by atoms with van der Waals surface area (Å²) in [5, 5.41) is 7.17. The van der Waals surface area contributed by atoms with E-state index < -0.39 is 0 Å². The molecule has 1 unspecified atom stereocenters. The lowest BCUT2D eigenvalue weighted by molar-refractivity contribution is -0.134. The number of carbonyl (C=O) groups excluding carboxylic acids is 2. The summed E-state index contributed by atoms with van der Waals surface area (Å²) < 4.78 is 0. The molecule has 3 aromatic rings. The number of likely N-dealkylation sites (N-methyl/N-ethyl adjacent to an activating group) is 1. The van der Waals surface area contributed by atoms with E-state index in [4.69, 9.17) is 0 Å². The molecule has 0 aliphatic carbocycles. The minimum Gasteiger partial charge on any atom is -0.341 e. The van der Waals surface area contributed by atoms with Crippen molar-refractivity contribution in [1.29, 1.82) is 0 Å². The number of hydrogen-bond donors (Lipinski definition) is 1. The van der Waals surface area contributed by atoms with Crippen LogP contribution >= 0.6 is 0 Å². The van der Waals surface area contributed by atoms with Gasteiger partial charge in [0, 0.05) is 55.4 Å². The molecule has 1 atom stereocenters. The van der Waals surface area contributed by atoms with Crippen LogP contribution in [0.4, 0.5) is 0 Å². The Bertz CT molecular complexity index is 1110. The number of aromatic amines is 1. The summed E-state index contributed by atoms with van der Waals surface area (Å²) in [5.41, 5.74) is 5.92. The molecule has 0 radical (unpaired) electrons. The highest BCUT2D eigenvalue weighted by Gasteiger charge is 2.32. The molecule has 1 aromatic carbocycles. The molecule has 172 valence electrons. The third kappa shape index (κ3) is 4.97. The van der Waals surface area contributed by atoms with E-state index in [-0.39, 0.29) is 17.7 Å². The van der Waals surface area contributed by atoms with E-state index in [0.717, 1.165) is 33.6 Å². The quantitative estimate of drug-likeness (QED) is 0.632. The molecule has 1 saturated heterocycles. The van der Waals surface area contributed by atoms with Gasteiger partial charge in [-0.3, -0.25) is 19.7 Å². The number of benzene rings is 1. The third-order valence-electron chi connectivity index (χ3n) is 6.54. The molecule has 2 amide bonds. The minimum absolute atomic E-state index is 0.0406. The lowest BCUT2D eigenvalue weighted by Crippen LogP contribution is -2.38. The zero-order valence-corrected chi connectivity index (χ0v) is 19.5. The molecule has 1 aliphatic rings. The highest BCUT2D eigenvalue weighted by atomic mass is 16.2. The fraction of sp³-hybridized carbons (Fsp3) is 0.385. The number of pyridine rings is 1. The van der Waals surface area contributed by atoms with Crippen LogP contribution in [0.15, 0.2) is 48.8 Å². The highest BCUT2D eigenvalue weighted by Crippen LogP contribution is 2.27. The van der Waals surface area contributed by atoms with E-state index in [1.54, 1.807) is 6.20 Å². The number of rotatable bonds is 6. The van der Waals surface area contributed by atoms with Crippen molar-refractivity contribution in [1.82, 2.24) is 25.0 Å². The summed E-state index contributed by atoms with van der Waals surface area (Å²) in [6.45, 7) is 8.02. The maximum atomic E-state index is 13.4. The van der Waals surface area contributed by atoms with Crippen molar-refractivity contribution < 1.29 is 9.59 Å². The van der Waals surface area contributed by atoms with Crippen molar-refractivity contribution in [3.8, 4) is 11.1 Å². The van der Waals surface area contributed by atoms with Crippen LogP contribution in [0.5, 0.6) is 0 Å². The van der Waals surface area contributed by atoms with Crippen LogP contribution in [0.3, 0.4) is 0 Å². The van der Waals surface area contributed by atoms with Gasteiger partial charge >= 0.3 is 0 Å². The van der Waals surface area contributed by atoms with Crippen molar-refractivity contribution >= 4 is 11.8 Å². The smallest absolute Gasteiger partial charge is 0.227 e. The SMILES string of the molecule is CCN1CCN(C(=O)Cc2c(C)n[nH]c2C)CC(Cc2ccccc2-c2cccnc2)C1=O. The van der Waals surface area contributed by atoms with Gasteiger partial charge in [-0.05, 0) is 44.4 Å². The van der Waals surface area contributed by atoms with Crippen LogP contribution in [0.1, 0.15) is 29.4 Å². The average molecular weight is 446 g/mol. The number of carbonyl (C=O) groups is 2. The molecule has 1 aliphatic heterocycles. The van der Waals surface area contributed by atoms with Crippen LogP contribution in [0.25, 0.3) is 11.1 Å². The summed E-state index contributed by atoms with van der Waals surface area (Å²) in [6.07, 6.45) is 4.48. The minimum atomic E-state index is -0.291. The predicted molar refractivity (Wildman–Crippen MR) is 127 cm³/mol. The lowest BCUT2D eigenvalue weighted by atomic mass is 9.91. The Morgan fingerprint density at radius 3 is 2.67 bits per heavy atom. The number of amides is 2. The van der Waals surface area contributed by atoms with Crippen LogP contribution in [-0.4, -0.2) is 63.0 Å². The number of H-pyrrole nitrogens is 1. The van der Waals surface area contributed by atoms with Crippen LogP contribution in [0.2, 0.25) is 0 Å². The lowest BCUT2D eigenvalue weighted by Gasteiger charge is -2.24. The Balaban J connectivity index is 1.59. The molecule has 1 N–H and O–H groups in total. The molecule has 4 rings (SSSR count). The monoisotopic (exact) mass is 445 g/mol. The van der Waals surface area contributed by atoms with Crippen LogP contribution < -0.4 is 0 Å². The molecule has 1 fully saturated rings. The van der Waals surface area contributed by atoms with Crippen molar-refractivity contribution in [3.63, 3.8) is 0 Å². The van der Waals surface area contributed by atoms with Gasteiger partial charge in [0.1, 0.15) is 0 Å². The first-order chi connectivity index (χ1) is 16.0. The van der Waals surface area contributed by atoms with E-state index in [0.29, 0.717) is 39.0 Å². The standard InChI is InChI=1S/C26H31N5O2/c1-4-30-12-13-31(25(32)15-24-18(2)28-29-19(24)3)17-22(26(30)33)14-20-8-5-6-10-23(20)21-9-7-11-27-16-21/h5-11,16,22H,4,12-15,17H2,1-3H3,(H,28,29). The zero-order valence-electron chi connectivity index (χ0n) is 19.5. The fourth-order valence-corrected chi connectivity index (χ4v) is 4.60. The molecule has 2 aromatic heterocycles. The van der Waals surface area contributed by atoms with Gasteiger partial charge < -0.3 is 9.80 Å². The zero-order chi connectivity index (χ0) is 23.4. The number of nitrogens with one attached hydrogen (secondary N) is 1. The van der Waals surface area contributed by atoms with Gasteiger partial charge in [0.15, 0.2) is 0 Å². The van der Waals surface area contributed by atoms with Crippen LogP contribution in [-0.2, 0) is 22.4 Å². The van der Waals surface area contributed by atoms with Crippen molar-refractivity contribution in [2.24, 2.45) is 5.92 Å². The van der Waals surface area contributed by atoms with Gasteiger partial charge in [0.25, 0.3) is 0 Å². The molecule has 7 heteroatoms. The number of aryl methyl sites for hydroxylation is 2. The summed E-state index contributed by atoms with van der Waals surface area (Å²) >= 11 is 0. The van der Waals surface area contributed by atoms with E-state index >= 15 is 0 Å². The first kappa shape index (κ1) is 22.7. The molecular weight excluding hydrogens is 414 g/mol. The molecule has 0 bridgehead atoms. The molecule has 0 saturated carbocycles. The van der Waals surface area contributed by atoms with E-state index in [1.807, 2.05) is 61.0 Å². The summed E-state index contributed by atoms with van der Waals surface area (Å²) in [6, 6.07) is 12.1. The first-order valence-electron chi connectivity index (χ1n) is 11.5. The van der Waals surface area contributed by atoms with Gasteiger partial charge in [-0.25, -0.2) is 0 Å². The second-order valence-electron chi connectivity index (χ2n) is 8.65. The van der Waals surface area contributed by atoms with Gasteiger partial charge in [-0.15, -0.1) is 0 Å². The number of aromatic nitrogens is 3. The molecule has 3 heterocycles. The average Bonchev–Trinajstić information content (AvgIpc) is 3.05. The first-order valence-corrected chi connectivity index (χ1v) is 11.5. The number of nitrogens with zero attached hydrogens (tertiary/aromatic N) is 4. The van der Waals surface area contributed by atoms with E-state index in [9.17, 15) is 9.59 Å². The maximum Gasteiger partial charge on any atom is 0.227 e.